The Morgan fingerprint density at radius 2 is 1.97 bits per heavy atom. The van der Waals surface area contributed by atoms with E-state index in [-0.39, 0.29) is 17.2 Å². The average Bonchev–Trinajstić information content (AvgIpc) is 3.19. The molecule has 184 valence electrons. The molecule has 0 aliphatic carbocycles. The largest absolute Gasteiger partial charge is 0.471 e. The van der Waals surface area contributed by atoms with E-state index in [9.17, 15) is 22.8 Å². The summed E-state index contributed by atoms with van der Waals surface area (Å²) in [5.41, 5.74) is 8.16. The van der Waals surface area contributed by atoms with Gasteiger partial charge in [-0.15, -0.1) is 11.3 Å². The zero-order chi connectivity index (χ0) is 25.0. The number of carbonyl (C=O) groups is 2. The molecule has 0 radical (unpaired) electrons. The van der Waals surface area contributed by atoms with E-state index in [2.05, 4.69) is 15.3 Å². The monoisotopic (exact) mass is 504 g/mol. The number of aromatic nitrogens is 2. The first-order valence-electron chi connectivity index (χ1n) is 10.9. The molecule has 2 aromatic heterocycles. The number of piperidine rings is 1. The number of pyridine rings is 1. The highest BCUT2D eigenvalue weighted by Gasteiger charge is 2.40. The topological polar surface area (TPSA) is 113 Å². The zero-order valence-corrected chi connectivity index (χ0v) is 19.3. The van der Waals surface area contributed by atoms with Crippen LogP contribution < -0.4 is 21.3 Å². The maximum absolute atomic E-state index is 13.0. The minimum absolute atomic E-state index is 0.102. The summed E-state index contributed by atoms with van der Waals surface area (Å²) in [5.74, 6) is -2.47. The van der Waals surface area contributed by atoms with Gasteiger partial charge in [0.05, 0.1) is 22.6 Å². The number of nitrogens with zero attached hydrogens (tertiary/aromatic N) is 3. The minimum Gasteiger partial charge on any atom is -0.389 e. The van der Waals surface area contributed by atoms with Gasteiger partial charge in [-0.1, -0.05) is 30.3 Å². The van der Waals surface area contributed by atoms with Crippen LogP contribution >= 0.6 is 11.3 Å². The summed E-state index contributed by atoms with van der Waals surface area (Å²) in [7, 11) is 0. The molecule has 2 amide bonds. The molecular weight excluding hydrogens is 481 g/mol. The highest BCUT2D eigenvalue weighted by Crippen LogP contribution is 2.30. The van der Waals surface area contributed by atoms with Crippen LogP contribution in [0.5, 0.6) is 0 Å². The van der Waals surface area contributed by atoms with Crippen molar-refractivity contribution in [3.05, 3.63) is 65.1 Å². The first-order valence-corrected chi connectivity index (χ1v) is 11.7. The van der Waals surface area contributed by atoms with Crippen molar-refractivity contribution in [3.63, 3.8) is 0 Å². The van der Waals surface area contributed by atoms with Crippen molar-refractivity contribution in [2.24, 2.45) is 0 Å². The Bertz CT molecular complexity index is 1200. The van der Waals surface area contributed by atoms with Gasteiger partial charge in [0.15, 0.2) is 5.69 Å². The van der Waals surface area contributed by atoms with Gasteiger partial charge in [-0.25, -0.2) is 4.98 Å². The molecule has 1 unspecified atom stereocenters. The maximum Gasteiger partial charge on any atom is 0.471 e. The van der Waals surface area contributed by atoms with Crippen molar-refractivity contribution in [3.8, 4) is 0 Å². The quantitative estimate of drug-likeness (QED) is 0.473. The number of anilines is 3. The third kappa shape index (κ3) is 6.07. The van der Waals surface area contributed by atoms with Gasteiger partial charge in [0.2, 0.25) is 0 Å². The third-order valence-corrected chi connectivity index (χ3v) is 6.40. The van der Waals surface area contributed by atoms with Crippen molar-refractivity contribution in [2.45, 2.75) is 31.5 Å². The van der Waals surface area contributed by atoms with E-state index in [1.54, 1.807) is 6.07 Å². The molecule has 3 aromatic rings. The lowest BCUT2D eigenvalue weighted by Gasteiger charge is -2.35. The zero-order valence-electron chi connectivity index (χ0n) is 18.5. The summed E-state index contributed by atoms with van der Waals surface area (Å²) >= 11 is 1.24. The van der Waals surface area contributed by atoms with Gasteiger partial charge in [0.1, 0.15) is 5.00 Å². The highest BCUT2D eigenvalue weighted by molar-refractivity contribution is 7.16. The fraction of sp³-hybridized carbons (Fsp3) is 0.304. The molecule has 3 heterocycles. The fourth-order valence-corrected chi connectivity index (χ4v) is 4.77. The molecule has 1 aliphatic rings. The number of carbonyl (C=O) groups excluding carboxylic acids is 2. The van der Waals surface area contributed by atoms with Crippen LogP contribution in [-0.2, 0) is 11.2 Å². The first-order chi connectivity index (χ1) is 16.7. The van der Waals surface area contributed by atoms with Gasteiger partial charge >= 0.3 is 12.1 Å². The number of nitrogens with two attached hydrogens (primary N) is 1. The second kappa shape index (κ2) is 10.3. The van der Waals surface area contributed by atoms with Gasteiger partial charge in [0, 0.05) is 31.7 Å². The van der Waals surface area contributed by atoms with Gasteiger partial charge in [-0.3, -0.25) is 14.6 Å². The summed E-state index contributed by atoms with van der Waals surface area (Å²) in [6.45, 7) is 0.708. The predicted molar refractivity (Wildman–Crippen MR) is 127 cm³/mol. The molecule has 4 N–H and O–H groups in total. The Kier molecular flexibility index (Phi) is 7.20. The SMILES string of the molecule is Nc1sc(Cc2ccccc2)nc1C(=O)Nc1cnccc1N1CCCC(NC(=O)C(F)(F)F)C1. The molecule has 8 nitrogen and oxygen atoms in total. The van der Waals surface area contributed by atoms with Crippen molar-refractivity contribution in [1.29, 1.82) is 0 Å². The molecule has 1 atom stereocenters. The molecule has 1 fully saturated rings. The van der Waals surface area contributed by atoms with Crippen molar-refractivity contribution in [2.75, 3.05) is 29.0 Å². The van der Waals surface area contributed by atoms with Gasteiger partial charge in [-0.05, 0) is 24.5 Å². The van der Waals surface area contributed by atoms with E-state index in [1.165, 1.54) is 23.7 Å². The molecular formula is C23H23F3N6O2S. The van der Waals surface area contributed by atoms with Gasteiger partial charge in [-0.2, -0.15) is 13.2 Å². The van der Waals surface area contributed by atoms with E-state index in [0.29, 0.717) is 42.2 Å². The van der Waals surface area contributed by atoms with Gasteiger partial charge < -0.3 is 21.3 Å². The van der Waals surface area contributed by atoms with E-state index < -0.39 is 24.0 Å². The van der Waals surface area contributed by atoms with Crippen molar-refractivity contribution >= 4 is 39.5 Å². The molecule has 0 bridgehead atoms. The van der Waals surface area contributed by atoms with Crippen molar-refractivity contribution < 1.29 is 22.8 Å². The lowest BCUT2D eigenvalue weighted by Crippen LogP contribution is -2.51. The number of rotatable bonds is 6. The minimum atomic E-state index is -4.94. The van der Waals surface area contributed by atoms with Gasteiger partial charge in [0.25, 0.3) is 5.91 Å². The summed E-state index contributed by atoms with van der Waals surface area (Å²) in [5, 5.41) is 5.80. The average molecular weight is 505 g/mol. The van der Waals surface area contributed by atoms with Crippen LogP contribution in [-0.4, -0.2) is 47.1 Å². The Hall–Kier alpha value is -3.67. The Morgan fingerprint density at radius 3 is 2.71 bits per heavy atom. The smallest absolute Gasteiger partial charge is 0.389 e. The summed E-state index contributed by atoms with van der Waals surface area (Å²) in [4.78, 5) is 34.6. The Balaban J connectivity index is 1.47. The van der Waals surface area contributed by atoms with E-state index >= 15 is 0 Å². The number of nitrogen functional groups attached to an aromatic ring is 1. The molecule has 1 saturated heterocycles. The van der Waals surface area contributed by atoms with Crippen LogP contribution in [0, 0.1) is 0 Å². The van der Waals surface area contributed by atoms with Crippen molar-refractivity contribution in [1.82, 2.24) is 15.3 Å². The molecule has 1 aliphatic heterocycles. The molecule has 4 rings (SSSR count). The number of amides is 2. The number of hydrogen-bond acceptors (Lipinski definition) is 7. The lowest BCUT2D eigenvalue weighted by molar-refractivity contribution is -0.174. The molecule has 12 heteroatoms. The van der Waals surface area contributed by atoms with Crippen LogP contribution in [0.3, 0.4) is 0 Å². The standard InChI is InChI=1S/C23H23F3N6O2S/c24-23(25,26)22(34)29-15-7-4-10-32(13-15)17-8-9-28-12-16(17)30-21(33)19-20(27)35-18(31-19)11-14-5-2-1-3-6-14/h1-3,5-6,8-9,12,15H,4,7,10-11,13,27H2,(H,29,34)(H,30,33). The van der Waals surface area contributed by atoms with Crippen LogP contribution in [0.25, 0.3) is 0 Å². The molecule has 0 saturated carbocycles. The Morgan fingerprint density at radius 1 is 1.20 bits per heavy atom. The van der Waals surface area contributed by atoms with Crippen LogP contribution in [0.1, 0.15) is 33.9 Å². The second-order valence-electron chi connectivity index (χ2n) is 8.09. The Labute approximate surface area is 203 Å². The van der Waals surface area contributed by atoms with E-state index in [1.807, 2.05) is 40.5 Å². The van der Waals surface area contributed by atoms with Crippen LogP contribution in [0.2, 0.25) is 0 Å². The van der Waals surface area contributed by atoms with Crippen LogP contribution in [0.15, 0.2) is 48.8 Å². The van der Waals surface area contributed by atoms with Crippen LogP contribution in [0.4, 0.5) is 29.5 Å². The number of hydrogen-bond donors (Lipinski definition) is 3. The highest BCUT2D eigenvalue weighted by atomic mass is 32.1. The number of nitrogens with one attached hydrogen (secondary N) is 2. The molecule has 35 heavy (non-hydrogen) atoms. The maximum atomic E-state index is 13.0. The fourth-order valence-electron chi connectivity index (χ4n) is 3.91. The normalized spacial score (nSPS) is 16.1. The summed E-state index contributed by atoms with van der Waals surface area (Å²) in [6, 6.07) is 10.7. The summed E-state index contributed by atoms with van der Waals surface area (Å²) < 4.78 is 38.0. The number of thiazole rings is 1. The predicted octanol–water partition coefficient (Wildman–Crippen LogP) is 3.61. The molecule has 0 spiro atoms. The number of benzene rings is 1. The molecule has 1 aromatic carbocycles. The second-order valence-corrected chi connectivity index (χ2v) is 9.20. The number of alkyl halides is 3. The number of halogens is 3. The lowest BCUT2D eigenvalue weighted by atomic mass is 10.0. The third-order valence-electron chi connectivity index (χ3n) is 5.51. The van der Waals surface area contributed by atoms with E-state index in [4.69, 9.17) is 5.73 Å². The summed E-state index contributed by atoms with van der Waals surface area (Å²) in [6.07, 6.45) is -0.424. The first kappa shape index (κ1) is 24.5. The van der Waals surface area contributed by atoms with E-state index in [0.717, 1.165) is 5.56 Å².